The van der Waals surface area contributed by atoms with E-state index in [0.29, 0.717) is 6.04 Å². The summed E-state index contributed by atoms with van der Waals surface area (Å²) in [6.07, 6.45) is 3.06. The first-order chi connectivity index (χ1) is 11.0. The lowest BCUT2D eigenvalue weighted by Gasteiger charge is -2.20. The van der Waals surface area contributed by atoms with Gasteiger partial charge in [0.15, 0.2) is 5.96 Å². The summed E-state index contributed by atoms with van der Waals surface area (Å²) in [6.45, 7) is 7.18. The van der Waals surface area contributed by atoms with E-state index < -0.39 is 0 Å². The highest BCUT2D eigenvalue weighted by Gasteiger charge is 2.02. The molecule has 2 N–H and O–H groups in total. The van der Waals surface area contributed by atoms with E-state index in [1.165, 1.54) is 12.5 Å². The van der Waals surface area contributed by atoms with Crippen LogP contribution in [0.15, 0.2) is 29.3 Å². The summed E-state index contributed by atoms with van der Waals surface area (Å²) in [5, 5.41) is 6.58. The van der Waals surface area contributed by atoms with Crippen molar-refractivity contribution in [1.82, 2.24) is 15.5 Å². The SMILES string of the molecule is CN=C(NCCCCN(C)C(C)C)NCCc1cccc(F)c1. The van der Waals surface area contributed by atoms with Gasteiger partial charge in [-0.05, 0) is 64.4 Å². The third-order valence-corrected chi connectivity index (χ3v) is 3.93. The second kappa shape index (κ2) is 11.0. The molecule has 0 spiro atoms. The van der Waals surface area contributed by atoms with E-state index >= 15 is 0 Å². The maximum Gasteiger partial charge on any atom is 0.190 e. The maximum atomic E-state index is 13.1. The first-order valence-electron chi connectivity index (χ1n) is 8.42. The fourth-order valence-electron chi connectivity index (χ4n) is 2.19. The van der Waals surface area contributed by atoms with Crippen LogP contribution in [0.5, 0.6) is 0 Å². The van der Waals surface area contributed by atoms with Crippen LogP contribution in [0.1, 0.15) is 32.3 Å². The monoisotopic (exact) mass is 322 g/mol. The van der Waals surface area contributed by atoms with E-state index in [0.717, 1.165) is 44.0 Å². The zero-order chi connectivity index (χ0) is 17.1. The molecule has 23 heavy (non-hydrogen) atoms. The predicted molar refractivity (Wildman–Crippen MR) is 96.5 cm³/mol. The molecule has 0 bridgehead atoms. The van der Waals surface area contributed by atoms with Crippen LogP contribution in [0.3, 0.4) is 0 Å². The van der Waals surface area contributed by atoms with Crippen molar-refractivity contribution in [3.8, 4) is 0 Å². The number of benzene rings is 1. The van der Waals surface area contributed by atoms with E-state index in [9.17, 15) is 4.39 Å². The largest absolute Gasteiger partial charge is 0.356 e. The van der Waals surface area contributed by atoms with Gasteiger partial charge in [-0.15, -0.1) is 0 Å². The quantitative estimate of drug-likeness (QED) is 0.417. The summed E-state index contributed by atoms with van der Waals surface area (Å²) in [6, 6.07) is 7.31. The highest BCUT2D eigenvalue weighted by molar-refractivity contribution is 5.79. The molecule has 0 aliphatic carbocycles. The molecule has 0 aliphatic heterocycles. The Bertz CT molecular complexity index is 474. The van der Waals surface area contributed by atoms with E-state index in [1.54, 1.807) is 19.2 Å². The number of rotatable bonds is 9. The Morgan fingerprint density at radius 1 is 1.22 bits per heavy atom. The van der Waals surface area contributed by atoms with Gasteiger partial charge in [-0.1, -0.05) is 12.1 Å². The van der Waals surface area contributed by atoms with Gasteiger partial charge in [0, 0.05) is 26.2 Å². The van der Waals surface area contributed by atoms with E-state index in [1.807, 2.05) is 6.07 Å². The van der Waals surface area contributed by atoms with Crippen molar-refractivity contribution in [3.05, 3.63) is 35.6 Å². The molecule has 0 heterocycles. The van der Waals surface area contributed by atoms with Crippen molar-refractivity contribution in [3.63, 3.8) is 0 Å². The molecule has 0 saturated heterocycles. The normalized spacial score (nSPS) is 12.0. The van der Waals surface area contributed by atoms with Crippen LogP contribution in [0.2, 0.25) is 0 Å². The van der Waals surface area contributed by atoms with Gasteiger partial charge in [0.1, 0.15) is 5.82 Å². The highest BCUT2D eigenvalue weighted by atomic mass is 19.1. The number of nitrogens with zero attached hydrogens (tertiary/aromatic N) is 2. The first kappa shape index (κ1) is 19.4. The van der Waals surface area contributed by atoms with Crippen LogP contribution in [0.25, 0.3) is 0 Å². The van der Waals surface area contributed by atoms with Gasteiger partial charge in [-0.25, -0.2) is 4.39 Å². The second-order valence-electron chi connectivity index (χ2n) is 6.09. The van der Waals surface area contributed by atoms with E-state index in [4.69, 9.17) is 0 Å². The third kappa shape index (κ3) is 8.55. The summed E-state index contributed by atoms with van der Waals surface area (Å²) < 4.78 is 13.1. The fourth-order valence-corrected chi connectivity index (χ4v) is 2.19. The number of hydrogen-bond donors (Lipinski definition) is 2. The molecule has 1 aromatic carbocycles. The molecule has 0 unspecified atom stereocenters. The Kier molecular flexibility index (Phi) is 9.29. The average molecular weight is 322 g/mol. The molecule has 1 rings (SSSR count). The highest BCUT2D eigenvalue weighted by Crippen LogP contribution is 2.03. The van der Waals surface area contributed by atoms with Gasteiger partial charge in [-0.2, -0.15) is 0 Å². The Morgan fingerprint density at radius 2 is 1.96 bits per heavy atom. The molecule has 0 fully saturated rings. The van der Waals surface area contributed by atoms with E-state index in [-0.39, 0.29) is 5.82 Å². The van der Waals surface area contributed by atoms with Crippen LogP contribution < -0.4 is 10.6 Å². The summed E-state index contributed by atoms with van der Waals surface area (Å²) in [5.74, 6) is 0.620. The Balaban J connectivity index is 2.15. The minimum Gasteiger partial charge on any atom is -0.356 e. The van der Waals surface area contributed by atoms with Crippen molar-refractivity contribution in [2.24, 2.45) is 4.99 Å². The Hall–Kier alpha value is -1.62. The molecule has 0 saturated carbocycles. The van der Waals surface area contributed by atoms with Crippen molar-refractivity contribution < 1.29 is 4.39 Å². The van der Waals surface area contributed by atoms with Gasteiger partial charge in [0.25, 0.3) is 0 Å². The van der Waals surface area contributed by atoms with Crippen LogP contribution in [0.4, 0.5) is 4.39 Å². The fraction of sp³-hybridized carbons (Fsp3) is 0.611. The smallest absolute Gasteiger partial charge is 0.190 e. The average Bonchev–Trinajstić information content (AvgIpc) is 2.52. The summed E-state index contributed by atoms with van der Waals surface area (Å²) in [4.78, 5) is 6.56. The lowest BCUT2D eigenvalue weighted by molar-refractivity contribution is 0.268. The molecule has 1 aromatic rings. The van der Waals surface area contributed by atoms with E-state index in [2.05, 4.69) is 41.4 Å². The van der Waals surface area contributed by atoms with Crippen molar-refractivity contribution >= 4 is 5.96 Å². The standard InChI is InChI=1S/C18H31FN4/c1-15(2)23(4)13-6-5-11-21-18(20-3)22-12-10-16-8-7-9-17(19)14-16/h7-9,14-15H,5-6,10-13H2,1-4H3,(H2,20,21,22). The molecule has 0 aromatic heterocycles. The summed E-state index contributed by atoms with van der Waals surface area (Å²) in [7, 11) is 3.93. The number of aliphatic imine (C=N–C) groups is 1. The number of hydrogen-bond acceptors (Lipinski definition) is 2. The minimum atomic E-state index is -0.184. The van der Waals surface area contributed by atoms with Crippen LogP contribution >= 0.6 is 0 Å². The predicted octanol–water partition coefficient (Wildman–Crippen LogP) is 2.65. The summed E-state index contributed by atoms with van der Waals surface area (Å²) >= 11 is 0. The van der Waals surface area contributed by atoms with Crippen LogP contribution in [0, 0.1) is 5.82 Å². The molecule has 0 atom stereocenters. The topological polar surface area (TPSA) is 39.7 Å². The van der Waals surface area contributed by atoms with Crippen molar-refractivity contribution in [2.45, 2.75) is 39.2 Å². The zero-order valence-corrected chi connectivity index (χ0v) is 14.9. The zero-order valence-electron chi connectivity index (χ0n) is 14.9. The molecule has 5 heteroatoms. The van der Waals surface area contributed by atoms with Crippen LogP contribution in [-0.2, 0) is 6.42 Å². The summed E-state index contributed by atoms with van der Waals surface area (Å²) in [5.41, 5.74) is 0.990. The van der Waals surface area contributed by atoms with Crippen molar-refractivity contribution in [1.29, 1.82) is 0 Å². The molecule has 0 amide bonds. The molecular weight excluding hydrogens is 291 g/mol. The molecular formula is C18H31FN4. The second-order valence-corrected chi connectivity index (χ2v) is 6.09. The molecule has 4 nitrogen and oxygen atoms in total. The molecule has 0 aliphatic rings. The molecule has 0 radical (unpaired) electrons. The Labute approximate surface area is 140 Å². The molecule has 130 valence electrons. The minimum absolute atomic E-state index is 0.184. The number of unbranched alkanes of at least 4 members (excludes halogenated alkanes) is 1. The number of guanidine groups is 1. The van der Waals surface area contributed by atoms with Gasteiger partial charge in [-0.3, -0.25) is 4.99 Å². The van der Waals surface area contributed by atoms with Gasteiger partial charge in [0.2, 0.25) is 0 Å². The first-order valence-corrected chi connectivity index (χ1v) is 8.42. The lowest BCUT2D eigenvalue weighted by Crippen LogP contribution is -2.39. The number of halogens is 1. The Morgan fingerprint density at radius 3 is 2.61 bits per heavy atom. The van der Waals surface area contributed by atoms with Crippen molar-refractivity contribution in [2.75, 3.05) is 33.7 Å². The van der Waals surface area contributed by atoms with Gasteiger partial charge < -0.3 is 15.5 Å². The number of nitrogens with one attached hydrogen (secondary N) is 2. The lowest BCUT2D eigenvalue weighted by atomic mass is 10.1. The van der Waals surface area contributed by atoms with Gasteiger partial charge >= 0.3 is 0 Å². The van der Waals surface area contributed by atoms with Crippen LogP contribution in [-0.4, -0.2) is 50.6 Å². The van der Waals surface area contributed by atoms with Gasteiger partial charge in [0.05, 0.1) is 0 Å². The third-order valence-electron chi connectivity index (χ3n) is 3.93. The maximum absolute atomic E-state index is 13.1.